The van der Waals surface area contributed by atoms with Gasteiger partial charge in [-0.15, -0.1) is 0 Å². The number of hydrogen-bond donors (Lipinski definition) is 1. The molecule has 1 N–H and O–H groups in total. The lowest BCUT2D eigenvalue weighted by Gasteiger charge is -2.11. The fourth-order valence-corrected chi connectivity index (χ4v) is 3.70. The Labute approximate surface area is 124 Å². The zero-order valence-electron chi connectivity index (χ0n) is 12.2. The molecule has 116 valence electrons. The highest BCUT2D eigenvalue weighted by Gasteiger charge is 2.29. The molecule has 21 heavy (non-hydrogen) atoms. The quantitative estimate of drug-likeness (QED) is 0.878. The van der Waals surface area contributed by atoms with Crippen LogP contribution in [-0.2, 0) is 9.84 Å². The van der Waals surface area contributed by atoms with Crippen molar-refractivity contribution in [1.82, 2.24) is 10.3 Å². The van der Waals surface area contributed by atoms with Gasteiger partial charge in [0.2, 0.25) is 5.88 Å². The number of amides is 1. The van der Waals surface area contributed by atoms with Gasteiger partial charge in [0.15, 0.2) is 9.84 Å². The number of hydrogen-bond acceptors (Lipinski definition) is 5. The third-order valence-electron chi connectivity index (χ3n) is 3.13. The van der Waals surface area contributed by atoms with Gasteiger partial charge < -0.3 is 10.1 Å². The van der Waals surface area contributed by atoms with Gasteiger partial charge in [0.1, 0.15) is 0 Å². The van der Waals surface area contributed by atoms with E-state index in [1.807, 2.05) is 13.8 Å². The SMILES string of the molecule is CC(C)COc1ccc(C(=O)NC2CCS(=O)(=O)C2)cn1. The molecule has 1 saturated heterocycles. The summed E-state index contributed by atoms with van der Waals surface area (Å²) in [4.78, 5) is 16.1. The second kappa shape index (κ2) is 6.43. The summed E-state index contributed by atoms with van der Waals surface area (Å²) in [5, 5.41) is 2.72. The zero-order chi connectivity index (χ0) is 15.5. The highest BCUT2D eigenvalue weighted by molar-refractivity contribution is 7.91. The Bertz CT molecular complexity index is 596. The summed E-state index contributed by atoms with van der Waals surface area (Å²) in [5.74, 6) is 0.725. The Balaban J connectivity index is 1.91. The number of sulfone groups is 1. The maximum atomic E-state index is 12.0. The number of nitrogens with one attached hydrogen (secondary N) is 1. The first-order chi connectivity index (χ1) is 9.85. The van der Waals surface area contributed by atoms with Crippen molar-refractivity contribution in [2.45, 2.75) is 26.3 Å². The van der Waals surface area contributed by atoms with Gasteiger partial charge in [-0.05, 0) is 18.4 Å². The van der Waals surface area contributed by atoms with Gasteiger partial charge in [0.25, 0.3) is 5.91 Å². The van der Waals surface area contributed by atoms with E-state index in [0.29, 0.717) is 30.4 Å². The number of nitrogens with zero attached hydrogens (tertiary/aromatic N) is 1. The fraction of sp³-hybridized carbons (Fsp3) is 0.571. The first kappa shape index (κ1) is 15.8. The summed E-state index contributed by atoms with van der Waals surface area (Å²) >= 11 is 0. The molecule has 6 nitrogen and oxygen atoms in total. The largest absolute Gasteiger partial charge is 0.477 e. The van der Waals surface area contributed by atoms with Crippen LogP contribution in [0.2, 0.25) is 0 Å². The molecule has 1 amide bonds. The van der Waals surface area contributed by atoms with Gasteiger partial charge in [0.05, 0.1) is 23.7 Å². The number of ether oxygens (including phenoxy) is 1. The number of carbonyl (C=O) groups excluding carboxylic acids is 1. The second-order valence-corrected chi connectivity index (χ2v) is 7.89. The second-order valence-electron chi connectivity index (χ2n) is 5.66. The number of aromatic nitrogens is 1. The lowest BCUT2D eigenvalue weighted by molar-refractivity contribution is 0.0940. The van der Waals surface area contributed by atoms with Crippen LogP contribution in [0, 0.1) is 5.92 Å². The topological polar surface area (TPSA) is 85.4 Å². The Morgan fingerprint density at radius 3 is 2.76 bits per heavy atom. The molecule has 1 aromatic heterocycles. The molecule has 0 aromatic carbocycles. The van der Waals surface area contributed by atoms with Crippen molar-refractivity contribution < 1.29 is 17.9 Å². The summed E-state index contributed by atoms with van der Waals surface area (Å²) in [6.45, 7) is 4.65. The van der Waals surface area contributed by atoms with Crippen molar-refractivity contribution in [3.63, 3.8) is 0 Å². The smallest absolute Gasteiger partial charge is 0.253 e. The molecule has 1 unspecified atom stereocenters. The van der Waals surface area contributed by atoms with Crippen LogP contribution in [0.4, 0.5) is 0 Å². The van der Waals surface area contributed by atoms with Crippen LogP contribution < -0.4 is 10.1 Å². The fourth-order valence-electron chi connectivity index (χ4n) is 2.03. The molecule has 0 bridgehead atoms. The van der Waals surface area contributed by atoms with Crippen molar-refractivity contribution in [3.8, 4) is 5.88 Å². The molecule has 0 spiro atoms. The van der Waals surface area contributed by atoms with Gasteiger partial charge in [-0.1, -0.05) is 13.8 Å². The summed E-state index contributed by atoms with van der Waals surface area (Å²) in [7, 11) is -3.00. The summed E-state index contributed by atoms with van der Waals surface area (Å²) in [6.07, 6.45) is 1.91. The first-order valence-corrected chi connectivity index (χ1v) is 8.78. The van der Waals surface area contributed by atoms with Crippen molar-refractivity contribution in [2.24, 2.45) is 5.92 Å². The minimum Gasteiger partial charge on any atom is -0.477 e. The molecule has 0 aliphatic carbocycles. The van der Waals surface area contributed by atoms with Crippen LogP contribution in [0.3, 0.4) is 0 Å². The molecule has 0 radical (unpaired) electrons. The number of rotatable bonds is 5. The zero-order valence-corrected chi connectivity index (χ0v) is 13.0. The highest BCUT2D eigenvalue weighted by atomic mass is 32.2. The minimum absolute atomic E-state index is 0.0156. The molecule has 2 heterocycles. The maximum Gasteiger partial charge on any atom is 0.253 e. The van der Waals surface area contributed by atoms with E-state index in [-0.39, 0.29) is 23.5 Å². The minimum atomic E-state index is -3.00. The van der Waals surface area contributed by atoms with Crippen LogP contribution in [-0.4, -0.2) is 43.5 Å². The Morgan fingerprint density at radius 1 is 1.48 bits per heavy atom. The van der Waals surface area contributed by atoms with Crippen molar-refractivity contribution in [3.05, 3.63) is 23.9 Å². The number of pyridine rings is 1. The Kier molecular flexibility index (Phi) is 4.82. The summed E-state index contributed by atoms with van der Waals surface area (Å²) in [6, 6.07) is 2.96. The normalized spacial score (nSPS) is 20.4. The van der Waals surface area contributed by atoms with Gasteiger partial charge in [0, 0.05) is 18.3 Å². The molecule has 7 heteroatoms. The molecule has 1 aliphatic heterocycles. The van der Waals surface area contributed by atoms with Crippen molar-refractivity contribution >= 4 is 15.7 Å². The number of carbonyl (C=O) groups is 1. The average molecular weight is 312 g/mol. The standard InChI is InChI=1S/C14H20N2O4S/c1-10(2)8-20-13-4-3-11(7-15-13)14(17)16-12-5-6-21(18,19)9-12/h3-4,7,10,12H,5-6,8-9H2,1-2H3,(H,16,17). The lowest BCUT2D eigenvalue weighted by Crippen LogP contribution is -2.35. The van der Waals surface area contributed by atoms with E-state index in [1.165, 1.54) is 6.20 Å². The Morgan fingerprint density at radius 2 is 2.24 bits per heavy atom. The molecule has 0 saturated carbocycles. The molecule has 2 rings (SSSR count). The Hall–Kier alpha value is -1.63. The van der Waals surface area contributed by atoms with Crippen LogP contribution in [0.5, 0.6) is 5.88 Å². The molecular formula is C14H20N2O4S. The molecule has 1 fully saturated rings. The van der Waals surface area contributed by atoms with Gasteiger partial charge in [-0.3, -0.25) is 4.79 Å². The summed E-state index contributed by atoms with van der Waals surface area (Å²) in [5.41, 5.74) is 0.399. The third-order valence-corrected chi connectivity index (χ3v) is 4.90. The van der Waals surface area contributed by atoms with E-state index in [9.17, 15) is 13.2 Å². The highest BCUT2D eigenvalue weighted by Crippen LogP contribution is 2.13. The van der Waals surface area contributed by atoms with Gasteiger partial charge in [-0.25, -0.2) is 13.4 Å². The molecular weight excluding hydrogens is 292 g/mol. The van der Waals surface area contributed by atoms with Crippen LogP contribution >= 0.6 is 0 Å². The van der Waals surface area contributed by atoms with Crippen LogP contribution in [0.1, 0.15) is 30.6 Å². The van der Waals surface area contributed by atoms with E-state index in [4.69, 9.17) is 4.74 Å². The third kappa shape index (κ3) is 4.70. The van der Waals surface area contributed by atoms with E-state index >= 15 is 0 Å². The molecule has 1 aromatic rings. The van der Waals surface area contributed by atoms with E-state index < -0.39 is 9.84 Å². The van der Waals surface area contributed by atoms with Crippen LogP contribution in [0.25, 0.3) is 0 Å². The molecule has 1 aliphatic rings. The monoisotopic (exact) mass is 312 g/mol. The first-order valence-electron chi connectivity index (χ1n) is 6.96. The summed E-state index contributed by atoms with van der Waals surface area (Å²) < 4.78 is 28.1. The van der Waals surface area contributed by atoms with Crippen molar-refractivity contribution in [2.75, 3.05) is 18.1 Å². The predicted octanol–water partition coefficient (Wildman–Crippen LogP) is 1.03. The average Bonchev–Trinajstić information content (AvgIpc) is 2.76. The predicted molar refractivity (Wildman–Crippen MR) is 79.1 cm³/mol. The van der Waals surface area contributed by atoms with E-state index in [0.717, 1.165) is 0 Å². The van der Waals surface area contributed by atoms with Crippen LogP contribution in [0.15, 0.2) is 18.3 Å². The van der Waals surface area contributed by atoms with E-state index in [1.54, 1.807) is 12.1 Å². The molecule has 1 atom stereocenters. The van der Waals surface area contributed by atoms with E-state index in [2.05, 4.69) is 10.3 Å². The van der Waals surface area contributed by atoms with Gasteiger partial charge in [-0.2, -0.15) is 0 Å². The van der Waals surface area contributed by atoms with Crippen molar-refractivity contribution in [1.29, 1.82) is 0 Å². The van der Waals surface area contributed by atoms with Gasteiger partial charge >= 0.3 is 0 Å². The maximum absolute atomic E-state index is 12.0. The lowest BCUT2D eigenvalue weighted by atomic mass is 10.2.